The van der Waals surface area contributed by atoms with Gasteiger partial charge in [0, 0.05) is 33.5 Å². The maximum Gasteiger partial charge on any atom is 0.264 e. The summed E-state index contributed by atoms with van der Waals surface area (Å²) in [4.78, 5) is 57.4. The minimum absolute atomic E-state index is 0.147. The van der Waals surface area contributed by atoms with Crippen molar-refractivity contribution in [2.24, 2.45) is 0 Å². The molecule has 0 atom stereocenters. The number of carbonyl (C=O) groups excluding carboxylic acids is 3. The highest BCUT2D eigenvalue weighted by atomic mass is 35.5. The average Bonchev–Trinajstić information content (AvgIpc) is 4.32. The predicted molar refractivity (Wildman–Crippen MR) is 328 cm³/mol. The van der Waals surface area contributed by atoms with Crippen molar-refractivity contribution in [2.45, 2.75) is 0 Å². The van der Waals surface area contributed by atoms with Crippen LogP contribution in [0, 0.1) is 19.7 Å². The second-order valence-corrected chi connectivity index (χ2v) is 18.3. The van der Waals surface area contributed by atoms with E-state index in [-0.39, 0.29) is 5.91 Å². The summed E-state index contributed by atoms with van der Waals surface area (Å²) in [7, 11) is 0. The number of aromatic nitrogens is 4. The van der Waals surface area contributed by atoms with Crippen molar-refractivity contribution in [1.29, 1.82) is 0 Å². The molecule has 13 rings (SSSR count). The Labute approximate surface area is 471 Å². The predicted octanol–water partition coefficient (Wildman–Crippen LogP) is 17.1. The molecule has 0 radical (unpaired) electrons. The first kappa shape index (κ1) is 54.3. The Hall–Kier alpha value is -11.5. The number of fused-ring (bicyclic) bond motifs is 5. The number of H-pyrrole nitrogens is 1. The Morgan fingerprint density at radius 1 is 0.481 bits per heavy atom. The first-order valence-electron chi connectivity index (χ1n) is 25.1. The van der Waals surface area contributed by atoms with E-state index in [0.29, 0.717) is 56.4 Å². The second kappa shape index (κ2) is 25.6. The third kappa shape index (κ3) is 12.7. The number of nitrogens with one attached hydrogen (secondary N) is 1. The number of aromatic amines is 1. The maximum absolute atomic E-state index is 13.5. The zero-order valence-corrected chi connectivity index (χ0v) is 43.9. The van der Waals surface area contributed by atoms with E-state index in [2.05, 4.69) is 48.8 Å². The smallest absolute Gasteiger partial charge is 0.264 e. The number of rotatable bonds is 5. The highest BCUT2D eigenvalue weighted by molar-refractivity contribution is 6.67. The monoisotopic (exact) mass is 1070 g/mol. The van der Waals surface area contributed by atoms with E-state index in [1.807, 2.05) is 140 Å². The van der Waals surface area contributed by atoms with Gasteiger partial charge in [0.1, 0.15) is 11.6 Å². The van der Waals surface area contributed by atoms with Gasteiger partial charge in [-0.2, -0.15) is 0 Å². The molecule has 2 heterocycles. The number of hydrogen-bond acceptors (Lipinski definition) is 7. The van der Waals surface area contributed by atoms with Crippen molar-refractivity contribution < 1.29 is 14.4 Å². The van der Waals surface area contributed by atoms with Crippen LogP contribution in [0.25, 0.3) is 91.7 Å². The number of imidazole rings is 2. The fourth-order valence-corrected chi connectivity index (χ4v) is 8.96. The van der Waals surface area contributed by atoms with E-state index < -0.39 is 5.24 Å². The first-order chi connectivity index (χ1) is 39.6. The summed E-state index contributed by atoms with van der Waals surface area (Å²) in [6.45, 7) is 21.0. The summed E-state index contributed by atoms with van der Waals surface area (Å²) in [5, 5.41) is 6.20. The van der Waals surface area contributed by atoms with Crippen LogP contribution in [0.5, 0.6) is 0 Å². The molecule has 0 aliphatic rings. The second-order valence-electron chi connectivity index (χ2n) is 17.9. The number of nitrogens with zero attached hydrogens (tertiary/aromatic N) is 6. The Balaban J connectivity index is 0.000000133. The minimum Gasteiger partial charge on any atom is -0.398 e. The summed E-state index contributed by atoms with van der Waals surface area (Å²) >= 11 is 5.16. The normalized spacial score (nSPS) is 10.2. The number of benzene rings is 11. The first-order valence-corrected chi connectivity index (χ1v) is 25.5. The third-order valence-corrected chi connectivity index (χ3v) is 13.0. The molecule has 0 fully saturated rings. The lowest BCUT2D eigenvalue weighted by molar-refractivity contribution is 0.0965. The van der Waals surface area contributed by atoms with Crippen LogP contribution in [-0.2, 0) is 0 Å². The number of hydrogen-bond donors (Lipinski definition) is 3. The highest BCUT2D eigenvalue weighted by Crippen LogP contribution is 2.34. The van der Waals surface area contributed by atoms with E-state index in [1.54, 1.807) is 83.4 Å². The molecule has 0 aliphatic carbocycles. The Morgan fingerprint density at radius 2 is 0.975 bits per heavy atom. The molecule has 11 aromatic carbocycles. The zero-order chi connectivity index (χ0) is 56.7. The zero-order valence-electron chi connectivity index (χ0n) is 43.1. The van der Waals surface area contributed by atoms with Gasteiger partial charge in [0.05, 0.1) is 47.5 Å². The number of nitrogens with two attached hydrogens (primary N) is 2. The van der Waals surface area contributed by atoms with Crippen molar-refractivity contribution in [3.8, 4) is 22.8 Å². The lowest BCUT2D eigenvalue weighted by Gasteiger charge is -2.10. The molecule has 0 saturated heterocycles. The molecule has 81 heavy (non-hydrogen) atoms. The van der Waals surface area contributed by atoms with Crippen molar-refractivity contribution in [1.82, 2.24) is 19.5 Å². The molecule has 388 valence electrons. The Kier molecular flexibility index (Phi) is 17.1. The molecule has 0 saturated carbocycles. The lowest BCUT2D eigenvalue weighted by Crippen LogP contribution is -2.13. The number of aldehydes is 1. The fourth-order valence-electron chi connectivity index (χ4n) is 8.84. The van der Waals surface area contributed by atoms with Crippen molar-refractivity contribution >= 4 is 112 Å². The largest absolute Gasteiger partial charge is 0.398 e. The molecular weight excluding hydrogens is 1030 g/mol. The lowest BCUT2D eigenvalue weighted by atomic mass is 10.0. The topological polar surface area (TPSA) is 163 Å². The molecule has 5 N–H and O–H groups in total. The molecule has 2 aromatic heterocycles. The van der Waals surface area contributed by atoms with Gasteiger partial charge < -0.3 is 16.5 Å². The van der Waals surface area contributed by atoms with Crippen LogP contribution in [0.4, 0.5) is 28.4 Å². The van der Waals surface area contributed by atoms with E-state index in [1.165, 1.54) is 10.8 Å². The van der Waals surface area contributed by atoms with Gasteiger partial charge in [0.25, 0.3) is 11.1 Å². The quantitative estimate of drug-likeness (QED) is 0.0668. The Bertz CT molecular complexity index is 4560. The van der Waals surface area contributed by atoms with E-state index >= 15 is 0 Å². The molecule has 0 aliphatic heterocycles. The average molecular weight is 1070 g/mol. The number of nitrogen functional groups attached to an aromatic ring is 2. The van der Waals surface area contributed by atoms with Crippen LogP contribution in [0.1, 0.15) is 31.1 Å². The third-order valence-electron chi connectivity index (χ3n) is 12.8. The summed E-state index contributed by atoms with van der Waals surface area (Å²) in [6, 6.07) is 75.6. The number of anilines is 2. The van der Waals surface area contributed by atoms with Crippen molar-refractivity contribution in [2.75, 3.05) is 11.5 Å². The van der Waals surface area contributed by atoms with Crippen LogP contribution in [0.3, 0.4) is 0 Å². The van der Waals surface area contributed by atoms with Gasteiger partial charge in [-0.05, 0) is 92.4 Å². The van der Waals surface area contributed by atoms with Crippen molar-refractivity contribution in [3.05, 3.63) is 294 Å². The van der Waals surface area contributed by atoms with Crippen LogP contribution < -0.4 is 11.5 Å². The molecule has 0 spiro atoms. The summed E-state index contributed by atoms with van der Waals surface area (Å²) in [5.74, 6) is 1.27. The van der Waals surface area contributed by atoms with Crippen molar-refractivity contribution in [3.63, 3.8) is 0 Å². The minimum atomic E-state index is -0.407. The Morgan fingerprint density at radius 3 is 1.57 bits per heavy atom. The van der Waals surface area contributed by atoms with Crippen LogP contribution >= 0.6 is 11.6 Å². The maximum atomic E-state index is 13.5. The van der Waals surface area contributed by atoms with Crippen LogP contribution in [0.15, 0.2) is 243 Å². The van der Waals surface area contributed by atoms with Gasteiger partial charge in [-0.25, -0.2) is 24.5 Å². The summed E-state index contributed by atoms with van der Waals surface area (Å²) in [6.07, 6.45) is 0.891. The van der Waals surface area contributed by atoms with E-state index in [4.69, 9.17) is 47.8 Å². The molecule has 13 aromatic rings. The van der Waals surface area contributed by atoms with Gasteiger partial charge in [-0.15, -0.1) is 0 Å². The molecule has 0 unspecified atom stereocenters. The van der Waals surface area contributed by atoms with E-state index in [0.717, 1.165) is 61.4 Å². The summed E-state index contributed by atoms with van der Waals surface area (Å²) < 4.78 is 1.65. The van der Waals surface area contributed by atoms with Gasteiger partial charge in [-0.1, -0.05) is 194 Å². The van der Waals surface area contributed by atoms with Crippen LogP contribution in [-0.4, -0.2) is 37.0 Å². The molecule has 0 amide bonds. The van der Waals surface area contributed by atoms with Gasteiger partial charge in [0.15, 0.2) is 23.3 Å². The van der Waals surface area contributed by atoms with Gasteiger partial charge >= 0.3 is 0 Å². The highest BCUT2D eigenvalue weighted by Gasteiger charge is 2.21. The molecule has 0 bridgehead atoms. The molecular formula is C68H46ClN9O3. The fraction of sp³-hybridized carbons (Fsp3) is 0. The summed E-state index contributed by atoms with van der Waals surface area (Å²) in [5.41, 5.74) is 20.4. The number of carbonyl (C=O) groups is 3. The molecule has 12 nitrogen and oxygen atoms in total. The van der Waals surface area contributed by atoms with Crippen LogP contribution in [0.2, 0.25) is 0 Å². The van der Waals surface area contributed by atoms with Gasteiger partial charge in [0.2, 0.25) is 0 Å². The SMILES string of the molecule is O=C(Cl)c1ccccc1.O=Cc1cccc2ccccc12.[C-]#[N+]c1ccc(N)c(N)c1.[C-]#[N+]c1ccc2c(c1)nc(-c1cccc3ccccc13)n2C(=O)c1ccccc1.[C-]#[N+]c1ccc2nc(-c3cccc4ccccc34)[nH]c2c1. The van der Waals surface area contributed by atoms with Gasteiger partial charge in [-0.3, -0.25) is 19.0 Å². The molecule has 13 heteroatoms. The van der Waals surface area contributed by atoms with E-state index in [9.17, 15) is 14.4 Å². The number of halogens is 1. The standard InChI is InChI=1S/C25H15N3O.C18H11N3.C11H8O.C7H5ClO.C7H7N3/c1-26-19-14-15-23-22(16-19)27-24(28(23)25(29)18-9-3-2-4-10-18)21-13-7-11-17-8-5-6-12-20(17)21;1-19-13-9-10-16-17(11-13)21-18(20-16)15-8-4-6-12-5-2-3-7-14(12)15;12-8-10-6-3-5-9-4-1-2-7-11(9)10;8-7(9)6-4-2-1-3-5-6;1-10-5-2-3-6(8)7(9)4-5/h2-16H;2-11H,(H,20,21);1-8H;1-5H;2-4H,8-9H2.